The minimum Gasteiger partial charge on any atom is -0.481 e. The number of halogens is 5. The van der Waals surface area contributed by atoms with Crippen molar-refractivity contribution < 1.29 is 17.9 Å². The molecule has 0 aromatic carbocycles. The molecule has 1 heterocycles. The Labute approximate surface area is 86.8 Å². The van der Waals surface area contributed by atoms with E-state index in [1.54, 1.807) is 0 Å². The highest BCUT2D eigenvalue weighted by Gasteiger charge is 2.29. The molecule has 1 rings (SSSR count). The predicted octanol–water partition coefficient (Wildman–Crippen LogP) is 2.72. The second kappa shape index (κ2) is 4.18. The van der Waals surface area contributed by atoms with Gasteiger partial charge in [-0.15, -0.1) is 5.10 Å². The van der Waals surface area contributed by atoms with Gasteiger partial charge in [-0.05, 0) is 0 Å². The molecule has 3 nitrogen and oxygen atoms in total. The van der Waals surface area contributed by atoms with Crippen LogP contribution in [0.5, 0.6) is 5.75 Å². The van der Waals surface area contributed by atoms with Gasteiger partial charge < -0.3 is 4.74 Å². The van der Waals surface area contributed by atoms with Crippen LogP contribution in [0.15, 0.2) is 6.20 Å². The Morgan fingerprint density at radius 2 is 2.00 bits per heavy atom. The van der Waals surface area contributed by atoms with Gasteiger partial charge in [-0.3, -0.25) is 0 Å². The maximum absolute atomic E-state index is 11.7. The molecular formula is C6H3Cl2F3N2O. The normalized spacial score (nSPS) is 11.5. The van der Waals surface area contributed by atoms with Crippen LogP contribution in [-0.4, -0.2) is 23.0 Å². The minimum atomic E-state index is -4.43. The molecule has 0 aliphatic heterocycles. The van der Waals surface area contributed by atoms with Crippen LogP contribution in [0.1, 0.15) is 0 Å². The number of hydrogen-bond donors (Lipinski definition) is 0. The molecule has 14 heavy (non-hydrogen) atoms. The number of aromatic nitrogens is 2. The SMILES string of the molecule is FC(F)(F)COc1cnnc(Cl)c1Cl. The first-order valence-electron chi connectivity index (χ1n) is 3.26. The smallest absolute Gasteiger partial charge is 0.422 e. The molecule has 78 valence electrons. The molecule has 0 spiro atoms. The summed E-state index contributed by atoms with van der Waals surface area (Å²) in [6.07, 6.45) is -3.47. The van der Waals surface area contributed by atoms with Gasteiger partial charge in [0.2, 0.25) is 0 Å². The van der Waals surface area contributed by atoms with Crippen LogP contribution in [0.4, 0.5) is 13.2 Å². The van der Waals surface area contributed by atoms with Crippen molar-refractivity contribution in [3.8, 4) is 5.75 Å². The Kier molecular flexibility index (Phi) is 3.38. The van der Waals surface area contributed by atoms with Crippen molar-refractivity contribution in [2.24, 2.45) is 0 Å². The third-order valence-corrected chi connectivity index (χ3v) is 1.84. The first kappa shape index (κ1) is 11.3. The molecule has 0 N–H and O–H groups in total. The summed E-state index contributed by atoms with van der Waals surface area (Å²) < 4.78 is 39.5. The van der Waals surface area contributed by atoms with Crippen molar-refractivity contribution in [2.75, 3.05) is 6.61 Å². The van der Waals surface area contributed by atoms with Gasteiger partial charge in [0.05, 0.1) is 6.20 Å². The van der Waals surface area contributed by atoms with E-state index < -0.39 is 12.8 Å². The van der Waals surface area contributed by atoms with E-state index in [0.29, 0.717) is 0 Å². The summed E-state index contributed by atoms with van der Waals surface area (Å²) in [6, 6.07) is 0. The quantitative estimate of drug-likeness (QED) is 0.805. The Bertz CT molecular complexity index is 331. The standard InChI is InChI=1S/C6H3Cl2F3N2O/c7-4-3(1-12-13-5(4)8)14-2-6(9,10)11/h1H,2H2. The molecule has 1 aromatic rings. The van der Waals surface area contributed by atoms with E-state index in [4.69, 9.17) is 23.2 Å². The lowest BCUT2D eigenvalue weighted by Gasteiger charge is -2.09. The van der Waals surface area contributed by atoms with Crippen molar-refractivity contribution in [2.45, 2.75) is 6.18 Å². The maximum Gasteiger partial charge on any atom is 0.422 e. The van der Waals surface area contributed by atoms with Crippen molar-refractivity contribution in [3.63, 3.8) is 0 Å². The van der Waals surface area contributed by atoms with Crippen LogP contribution in [0.25, 0.3) is 0 Å². The van der Waals surface area contributed by atoms with E-state index in [1.165, 1.54) is 0 Å². The number of hydrogen-bond acceptors (Lipinski definition) is 3. The van der Waals surface area contributed by atoms with Gasteiger partial charge in [-0.1, -0.05) is 23.2 Å². The first-order valence-corrected chi connectivity index (χ1v) is 4.02. The van der Waals surface area contributed by atoms with Gasteiger partial charge in [0.1, 0.15) is 5.02 Å². The van der Waals surface area contributed by atoms with Gasteiger partial charge in [-0.2, -0.15) is 18.3 Å². The zero-order valence-electron chi connectivity index (χ0n) is 6.48. The van der Waals surface area contributed by atoms with Crippen LogP contribution in [0.3, 0.4) is 0 Å². The molecule has 8 heteroatoms. The Morgan fingerprint density at radius 3 is 2.57 bits per heavy atom. The topological polar surface area (TPSA) is 35.0 Å². The van der Waals surface area contributed by atoms with E-state index >= 15 is 0 Å². The molecule has 0 amide bonds. The molecule has 0 unspecified atom stereocenters. The second-order valence-electron chi connectivity index (χ2n) is 2.22. The molecule has 0 saturated carbocycles. The molecule has 0 aliphatic carbocycles. The van der Waals surface area contributed by atoms with Gasteiger partial charge >= 0.3 is 6.18 Å². The van der Waals surface area contributed by atoms with Gasteiger partial charge in [0.25, 0.3) is 0 Å². The van der Waals surface area contributed by atoms with Crippen molar-refractivity contribution >= 4 is 23.2 Å². The minimum absolute atomic E-state index is 0.189. The fourth-order valence-electron chi connectivity index (χ4n) is 0.594. The van der Waals surface area contributed by atoms with Crippen LogP contribution < -0.4 is 4.74 Å². The molecule has 0 atom stereocenters. The van der Waals surface area contributed by atoms with Crippen LogP contribution in [0.2, 0.25) is 10.2 Å². The van der Waals surface area contributed by atoms with E-state index in [0.717, 1.165) is 6.20 Å². The lowest BCUT2D eigenvalue weighted by atomic mass is 10.5. The molecular weight excluding hydrogens is 244 g/mol. The van der Waals surface area contributed by atoms with Gasteiger partial charge in [0.15, 0.2) is 17.5 Å². The summed E-state index contributed by atoms with van der Waals surface area (Å²) in [6.45, 7) is -1.45. The van der Waals surface area contributed by atoms with E-state index in [2.05, 4.69) is 14.9 Å². The Balaban J connectivity index is 2.73. The lowest BCUT2D eigenvalue weighted by molar-refractivity contribution is -0.153. The van der Waals surface area contributed by atoms with E-state index in [-0.39, 0.29) is 15.9 Å². The van der Waals surface area contributed by atoms with E-state index in [9.17, 15) is 13.2 Å². The number of rotatable bonds is 2. The molecule has 0 bridgehead atoms. The summed E-state index contributed by atoms with van der Waals surface area (Å²) in [5.74, 6) is -0.246. The molecule has 0 saturated heterocycles. The summed E-state index contributed by atoms with van der Waals surface area (Å²) in [5, 5.41) is 6.20. The number of nitrogens with zero attached hydrogens (tertiary/aromatic N) is 2. The zero-order chi connectivity index (χ0) is 10.8. The Morgan fingerprint density at radius 1 is 1.36 bits per heavy atom. The largest absolute Gasteiger partial charge is 0.481 e. The van der Waals surface area contributed by atoms with Crippen molar-refractivity contribution in [3.05, 3.63) is 16.4 Å². The average Bonchev–Trinajstić information content (AvgIpc) is 2.06. The fraction of sp³-hybridized carbons (Fsp3) is 0.333. The van der Waals surface area contributed by atoms with Crippen LogP contribution in [0, 0.1) is 0 Å². The monoisotopic (exact) mass is 246 g/mol. The summed E-state index contributed by atoms with van der Waals surface area (Å²) in [5.41, 5.74) is 0. The van der Waals surface area contributed by atoms with Crippen molar-refractivity contribution in [1.82, 2.24) is 10.2 Å². The third-order valence-electron chi connectivity index (χ3n) is 1.11. The first-order chi connectivity index (χ1) is 6.40. The highest BCUT2D eigenvalue weighted by molar-refractivity contribution is 6.42. The lowest BCUT2D eigenvalue weighted by Crippen LogP contribution is -2.19. The molecule has 1 aromatic heterocycles. The zero-order valence-corrected chi connectivity index (χ0v) is 7.99. The highest BCUT2D eigenvalue weighted by Crippen LogP contribution is 2.29. The van der Waals surface area contributed by atoms with Crippen molar-refractivity contribution in [1.29, 1.82) is 0 Å². The number of ether oxygens (including phenoxy) is 1. The van der Waals surface area contributed by atoms with Crippen LogP contribution in [-0.2, 0) is 0 Å². The van der Waals surface area contributed by atoms with Crippen LogP contribution >= 0.6 is 23.2 Å². The molecule has 0 radical (unpaired) electrons. The van der Waals surface area contributed by atoms with Gasteiger partial charge in [0, 0.05) is 0 Å². The number of alkyl halides is 3. The maximum atomic E-state index is 11.7. The Hall–Kier alpha value is -0.750. The third kappa shape index (κ3) is 3.19. The van der Waals surface area contributed by atoms with E-state index in [1.807, 2.05) is 0 Å². The molecule has 0 aliphatic rings. The molecule has 0 fully saturated rings. The van der Waals surface area contributed by atoms with Gasteiger partial charge in [-0.25, -0.2) is 0 Å². The summed E-state index contributed by atoms with van der Waals surface area (Å²) in [7, 11) is 0. The predicted molar refractivity (Wildman–Crippen MR) is 43.6 cm³/mol. The summed E-state index contributed by atoms with van der Waals surface area (Å²) >= 11 is 10.9. The average molecular weight is 247 g/mol. The summed E-state index contributed by atoms with van der Waals surface area (Å²) in [4.78, 5) is 0. The fourth-order valence-corrected chi connectivity index (χ4v) is 0.872. The highest BCUT2D eigenvalue weighted by atomic mass is 35.5. The second-order valence-corrected chi connectivity index (χ2v) is 2.95.